The third-order valence-electron chi connectivity index (χ3n) is 3.43. The van der Waals surface area contributed by atoms with Crippen LogP contribution in [0, 0.1) is 0 Å². The Kier molecular flexibility index (Phi) is 6.34. The van der Waals surface area contributed by atoms with Crippen LogP contribution >= 0.6 is 26.3 Å². The van der Waals surface area contributed by atoms with Gasteiger partial charge in [-0.25, -0.2) is 0 Å². The number of hydrogen-bond donors (Lipinski definition) is 0. The summed E-state index contributed by atoms with van der Waals surface area (Å²) in [5.74, 6) is -0.306. The molecule has 0 aromatic carbocycles. The van der Waals surface area contributed by atoms with E-state index in [4.69, 9.17) is 4.74 Å². The van der Waals surface area contributed by atoms with E-state index in [0.717, 1.165) is 6.16 Å². The Bertz CT molecular complexity index is 226. The molecule has 0 spiro atoms. The molecule has 0 aliphatic rings. The number of carbonyl (C=O) groups excluding carboxylic acids is 1. The van der Waals surface area contributed by atoms with Crippen molar-refractivity contribution in [2.24, 2.45) is 0 Å². The SMILES string of the molecule is C=CC(=O)OCCP(I)(CC)(CC)CC. The van der Waals surface area contributed by atoms with Gasteiger partial charge in [0.05, 0.1) is 0 Å². The molecule has 0 rings (SSSR count). The van der Waals surface area contributed by atoms with Crippen LogP contribution in [0.2, 0.25) is 0 Å². The van der Waals surface area contributed by atoms with Gasteiger partial charge < -0.3 is 0 Å². The number of hydrogen-bond acceptors (Lipinski definition) is 2. The van der Waals surface area contributed by atoms with E-state index < -0.39 is 4.25 Å². The van der Waals surface area contributed by atoms with Crippen molar-refractivity contribution in [1.82, 2.24) is 0 Å². The second-order valence-corrected chi connectivity index (χ2v) is 18.0. The number of rotatable bonds is 7. The Morgan fingerprint density at radius 3 is 2.13 bits per heavy atom. The molecule has 0 aliphatic heterocycles. The molecule has 0 N–H and O–H groups in total. The summed E-state index contributed by atoms with van der Waals surface area (Å²) < 4.78 is 3.48. The zero-order valence-electron chi connectivity index (χ0n) is 9.96. The third kappa shape index (κ3) is 4.39. The van der Waals surface area contributed by atoms with E-state index in [1.54, 1.807) is 0 Å². The summed E-state index contributed by atoms with van der Waals surface area (Å²) in [5.41, 5.74) is 0. The minimum absolute atomic E-state index is 0.306. The molecule has 0 amide bonds. The molecule has 0 aliphatic carbocycles. The van der Waals surface area contributed by atoms with Crippen molar-refractivity contribution < 1.29 is 9.53 Å². The quantitative estimate of drug-likeness (QED) is 0.305. The Morgan fingerprint density at radius 2 is 1.80 bits per heavy atom. The van der Waals surface area contributed by atoms with E-state index in [2.05, 4.69) is 49.4 Å². The fourth-order valence-electron chi connectivity index (χ4n) is 1.58. The molecule has 0 aromatic rings. The van der Waals surface area contributed by atoms with E-state index in [1.807, 2.05) is 0 Å². The number of carbonyl (C=O) groups is 1. The average Bonchev–Trinajstić information content (AvgIpc) is 2.29. The summed E-state index contributed by atoms with van der Waals surface area (Å²) in [6, 6.07) is 0. The molecule has 0 heterocycles. The number of esters is 1. The normalized spacial score (nSPS) is 14.0. The molecule has 0 fully saturated rings. The zero-order chi connectivity index (χ0) is 12.0. The molecular formula is C11H22IO2P. The molecule has 0 unspecified atom stereocenters. The topological polar surface area (TPSA) is 26.3 Å². The van der Waals surface area contributed by atoms with E-state index in [9.17, 15) is 4.79 Å². The fourth-order valence-corrected chi connectivity index (χ4v) is 5.01. The van der Waals surface area contributed by atoms with Crippen LogP contribution in [0.4, 0.5) is 0 Å². The van der Waals surface area contributed by atoms with Gasteiger partial charge in [-0.2, -0.15) is 0 Å². The molecular weight excluding hydrogens is 322 g/mol. The molecule has 0 atom stereocenters. The first-order valence-corrected chi connectivity index (χ1v) is 11.2. The first kappa shape index (κ1) is 15.4. The van der Waals surface area contributed by atoms with Crippen LogP contribution in [0.1, 0.15) is 20.8 Å². The first-order valence-electron chi connectivity index (χ1n) is 5.45. The molecule has 4 heteroatoms. The maximum absolute atomic E-state index is 10.9. The van der Waals surface area contributed by atoms with Gasteiger partial charge in [-0.3, -0.25) is 0 Å². The summed E-state index contributed by atoms with van der Waals surface area (Å²) in [5, 5.41) is 0. The van der Waals surface area contributed by atoms with Crippen LogP contribution in [-0.2, 0) is 9.53 Å². The molecule has 0 aromatic heterocycles. The summed E-state index contributed by atoms with van der Waals surface area (Å²) in [4.78, 5) is 10.9. The molecule has 90 valence electrons. The maximum atomic E-state index is 10.9. The van der Waals surface area contributed by atoms with Gasteiger partial charge in [0.15, 0.2) is 0 Å². The summed E-state index contributed by atoms with van der Waals surface area (Å²) >= 11 is 2.67. The minimum atomic E-state index is -1.61. The second kappa shape index (κ2) is 6.19. The van der Waals surface area contributed by atoms with Gasteiger partial charge in [0.2, 0.25) is 0 Å². The van der Waals surface area contributed by atoms with Crippen molar-refractivity contribution in [3.05, 3.63) is 12.7 Å². The van der Waals surface area contributed by atoms with Gasteiger partial charge in [-0.05, 0) is 0 Å². The van der Waals surface area contributed by atoms with Crippen molar-refractivity contribution in [1.29, 1.82) is 0 Å². The number of halogens is 1. The van der Waals surface area contributed by atoms with Crippen LogP contribution in [0.15, 0.2) is 12.7 Å². The molecule has 0 saturated carbocycles. The Morgan fingerprint density at radius 1 is 1.33 bits per heavy atom. The Labute approximate surface area is 106 Å². The van der Waals surface area contributed by atoms with Crippen molar-refractivity contribution in [3.8, 4) is 0 Å². The number of ether oxygens (including phenoxy) is 1. The van der Waals surface area contributed by atoms with E-state index in [-0.39, 0.29) is 5.97 Å². The van der Waals surface area contributed by atoms with Crippen molar-refractivity contribution in [2.45, 2.75) is 20.8 Å². The first-order chi connectivity index (χ1) is 6.93. The van der Waals surface area contributed by atoms with E-state index in [0.29, 0.717) is 6.61 Å². The van der Waals surface area contributed by atoms with E-state index in [1.165, 1.54) is 24.6 Å². The Balaban J connectivity index is 4.32. The predicted octanol–water partition coefficient (Wildman–Crippen LogP) is 3.68. The summed E-state index contributed by atoms with van der Waals surface area (Å²) in [7, 11) is 0. The Hall–Kier alpha value is 0.370. The zero-order valence-corrected chi connectivity index (χ0v) is 13.0. The fraction of sp³-hybridized carbons (Fsp3) is 0.727. The van der Waals surface area contributed by atoms with Crippen molar-refractivity contribution in [2.75, 3.05) is 31.3 Å². The molecule has 0 bridgehead atoms. The molecule has 15 heavy (non-hydrogen) atoms. The van der Waals surface area contributed by atoms with Gasteiger partial charge in [0.25, 0.3) is 0 Å². The van der Waals surface area contributed by atoms with Crippen molar-refractivity contribution in [3.63, 3.8) is 0 Å². The monoisotopic (exact) mass is 344 g/mol. The van der Waals surface area contributed by atoms with Gasteiger partial charge in [0, 0.05) is 0 Å². The van der Waals surface area contributed by atoms with Gasteiger partial charge in [0.1, 0.15) is 0 Å². The molecule has 0 radical (unpaired) electrons. The van der Waals surface area contributed by atoms with Crippen LogP contribution in [0.5, 0.6) is 0 Å². The van der Waals surface area contributed by atoms with Crippen LogP contribution in [0.25, 0.3) is 0 Å². The van der Waals surface area contributed by atoms with Crippen LogP contribution < -0.4 is 0 Å². The third-order valence-corrected chi connectivity index (χ3v) is 17.1. The van der Waals surface area contributed by atoms with Gasteiger partial charge >= 0.3 is 106 Å². The van der Waals surface area contributed by atoms with Crippen molar-refractivity contribution >= 4 is 32.3 Å². The van der Waals surface area contributed by atoms with Crippen LogP contribution in [0.3, 0.4) is 0 Å². The predicted molar refractivity (Wildman–Crippen MR) is 78.6 cm³/mol. The molecule has 2 nitrogen and oxygen atoms in total. The second-order valence-electron chi connectivity index (χ2n) is 3.86. The van der Waals surface area contributed by atoms with Crippen LogP contribution in [-0.4, -0.2) is 37.2 Å². The summed E-state index contributed by atoms with van der Waals surface area (Å²) in [6.45, 7) is 10.7. The van der Waals surface area contributed by atoms with E-state index >= 15 is 0 Å². The van der Waals surface area contributed by atoms with Gasteiger partial charge in [-0.15, -0.1) is 0 Å². The standard InChI is InChI=1S/C11H22IO2P/c1-5-11(13)14-9-10-15(12,6-2,7-3)8-4/h5H,1,6-10H2,2-4H3. The van der Waals surface area contributed by atoms with Gasteiger partial charge in [-0.1, -0.05) is 0 Å². The molecule has 0 saturated heterocycles. The summed E-state index contributed by atoms with van der Waals surface area (Å²) in [6.07, 6.45) is 5.95. The average molecular weight is 344 g/mol.